The van der Waals surface area contributed by atoms with Crippen LogP contribution in [0.15, 0.2) is 59.7 Å². The molecule has 0 aliphatic heterocycles. The Morgan fingerprint density at radius 1 is 1.12 bits per heavy atom. The summed E-state index contributed by atoms with van der Waals surface area (Å²) in [6, 6.07) is 16.7. The van der Waals surface area contributed by atoms with E-state index >= 15 is 0 Å². The first-order valence-electron chi connectivity index (χ1n) is 8.19. The molecular weight excluding hydrogens is 328 g/mol. The third-order valence-corrected chi connectivity index (χ3v) is 4.06. The summed E-state index contributed by atoms with van der Waals surface area (Å²) in [4.78, 5) is 12.1. The molecule has 1 amide bonds. The van der Waals surface area contributed by atoms with Crippen LogP contribution in [-0.2, 0) is 0 Å². The summed E-state index contributed by atoms with van der Waals surface area (Å²) in [6.07, 6.45) is 1.62. The van der Waals surface area contributed by atoms with Gasteiger partial charge in [0, 0.05) is 11.1 Å². The third kappa shape index (κ3) is 3.64. The van der Waals surface area contributed by atoms with Crippen LogP contribution < -0.4 is 10.2 Å². The molecule has 0 fully saturated rings. The molecule has 2 aromatic carbocycles. The van der Waals surface area contributed by atoms with Gasteiger partial charge >= 0.3 is 0 Å². The first-order valence-corrected chi connectivity index (χ1v) is 8.19. The highest BCUT2D eigenvalue weighted by Gasteiger charge is 2.11. The minimum absolute atomic E-state index is 0.283. The van der Waals surface area contributed by atoms with Crippen LogP contribution in [0.3, 0.4) is 0 Å². The van der Waals surface area contributed by atoms with E-state index in [0.717, 1.165) is 22.6 Å². The average molecular weight is 348 g/mol. The number of hydrogen-bond acceptors (Lipinski definition) is 4. The number of methoxy groups -OCH3 is 1. The minimum atomic E-state index is -0.283. The number of rotatable bonds is 5. The lowest BCUT2D eigenvalue weighted by Gasteiger charge is -2.04. The number of carbonyl (C=O) groups excluding carboxylic acids is 1. The molecule has 0 bridgehead atoms. The summed E-state index contributed by atoms with van der Waals surface area (Å²) in [5.74, 6) is 0.416. The summed E-state index contributed by atoms with van der Waals surface area (Å²) in [7, 11) is 1.58. The number of aryl methyl sites for hydroxylation is 1. The molecule has 1 heterocycles. The van der Waals surface area contributed by atoms with Crippen molar-refractivity contribution in [3.8, 4) is 11.4 Å². The van der Waals surface area contributed by atoms with Crippen LogP contribution in [-0.4, -0.2) is 29.0 Å². The molecule has 0 aliphatic carbocycles. The number of ether oxygens (including phenoxy) is 1. The normalized spacial score (nSPS) is 10.9. The van der Waals surface area contributed by atoms with Gasteiger partial charge in [-0.1, -0.05) is 18.2 Å². The second kappa shape index (κ2) is 7.65. The zero-order valence-corrected chi connectivity index (χ0v) is 14.9. The fourth-order valence-electron chi connectivity index (χ4n) is 2.62. The Kier molecular flexibility index (Phi) is 5.12. The molecule has 0 spiro atoms. The van der Waals surface area contributed by atoms with Crippen molar-refractivity contribution in [1.82, 2.24) is 15.2 Å². The minimum Gasteiger partial charge on any atom is -0.497 e. The van der Waals surface area contributed by atoms with Crippen LogP contribution in [0.4, 0.5) is 0 Å². The van der Waals surface area contributed by atoms with Crippen LogP contribution in [0.2, 0.25) is 0 Å². The number of amides is 1. The first-order chi connectivity index (χ1) is 12.6. The average Bonchev–Trinajstić information content (AvgIpc) is 2.97. The largest absolute Gasteiger partial charge is 0.497 e. The Hall–Kier alpha value is -3.41. The summed E-state index contributed by atoms with van der Waals surface area (Å²) >= 11 is 0. The molecule has 0 aliphatic rings. The van der Waals surface area contributed by atoms with Crippen LogP contribution in [0.25, 0.3) is 5.69 Å². The Balaban J connectivity index is 1.74. The summed E-state index contributed by atoms with van der Waals surface area (Å²) < 4.78 is 6.95. The summed E-state index contributed by atoms with van der Waals surface area (Å²) in [6.45, 7) is 3.89. The van der Waals surface area contributed by atoms with E-state index in [1.807, 2.05) is 48.9 Å². The van der Waals surface area contributed by atoms with Gasteiger partial charge in [-0.25, -0.2) is 10.1 Å². The summed E-state index contributed by atoms with van der Waals surface area (Å²) in [5.41, 5.74) is 6.71. The molecule has 26 heavy (non-hydrogen) atoms. The van der Waals surface area contributed by atoms with E-state index in [4.69, 9.17) is 4.74 Å². The standard InChI is InChI=1S/C20H20N4O2/c1-14-19(15(2)24(23-14)17-7-5-4-6-8-17)13-21-22-20(25)16-9-11-18(26-3)12-10-16/h4-13H,1-3H3,(H,22,25)/b21-13+. The number of hydrazone groups is 1. The maximum absolute atomic E-state index is 12.1. The summed E-state index contributed by atoms with van der Waals surface area (Å²) in [5, 5.41) is 8.63. The van der Waals surface area contributed by atoms with Crippen molar-refractivity contribution in [1.29, 1.82) is 0 Å². The monoisotopic (exact) mass is 348 g/mol. The molecule has 3 rings (SSSR count). The number of nitrogens with one attached hydrogen (secondary N) is 1. The van der Waals surface area contributed by atoms with Gasteiger partial charge in [0.25, 0.3) is 5.91 Å². The predicted molar refractivity (Wildman–Crippen MR) is 101 cm³/mol. The zero-order chi connectivity index (χ0) is 18.5. The number of hydrogen-bond donors (Lipinski definition) is 1. The molecule has 0 atom stereocenters. The van der Waals surface area contributed by atoms with E-state index in [1.54, 1.807) is 37.6 Å². The van der Waals surface area contributed by atoms with Crippen LogP contribution >= 0.6 is 0 Å². The van der Waals surface area contributed by atoms with Crippen molar-refractivity contribution in [2.24, 2.45) is 5.10 Å². The van der Waals surface area contributed by atoms with E-state index < -0.39 is 0 Å². The molecule has 1 N–H and O–H groups in total. The maximum Gasteiger partial charge on any atom is 0.271 e. The van der Waals surface area contributed by atoms with E-state index in [0.29, 0.717) is 11.3 Å². The van der Waals surface area contributed by atoms with Gasteiger partial charge in [-0.2, -0.15) is 10.2 Å². The number of nitrogens with zero attached hydrogens (tertiary/aromatic N) is 3. The van der Waals surface area contributed by atoms with E-state index in [2.05, 4.69) is 15.6 Å². The molecule has 3 aromatic rings. The van der Waals surface area contributed by atoms with Crippen molar-refractivity contribution in [2.45, 2.75) is 13.8 Å². The van der Waals surface area contributed by atoms with Gasteiger partial charge in [-0.15, -0.1) is 0 Å². The highest BCUT2D eigenvalue weighted by molar-refractivity contribution is 5.95. The van der Waals surface area contributed by atoms with Crippen molar-refractivity contribution in [3.63, 3.8) is 0 Å². The SMILES string of the molecule is COc1ccc(C(=O)N/N=C/c2c(C)nn(-c3ccccc3)c2C)cc1. The van der Waals surface area contributed by atoms with Gasteiger partial charge in [0.05, 0.1) is 30.4 Å². The van der Waals surface area contributed by atoms with Gasteiger partial charge < -0.3 is 4.74 Å². The smallest absolute Gasteiger partial charge is 0.271 e. The lowest BCUT2D eigenvalue weighted by molar-refractivity contribution is 0.0955. The first kappa shape index (κ1) is 17.4. The second-order valence-electron chi connectivity index (χ2n) is 5.76. The predicted octanol–water partition coefficient (Wildman–Crippen LogP) is 3.26. The lowest BCUT2D eigenvalue weighted by Crippen LogP contribution is -2.17. The molecule has 0 radical (unpaired) electrons. The van der Waals surface area contributed by atoms with Crippen LogP contribution in [0, 0.1) is 13.8 Å². The van der Waals surface area contributed by atoms with Crippen molar-refractivity contribution in [3.05, 3.63) is 77.1 Å². The highest BCUT2D eigenvalue weighted by Crippen LogP contribution is 2.16. The Morgan fingerprint density at radius 3 is 2.46 bits per heavy atom. The molecule has 0 unspecified atom stereocenters. The van der Waals surface area contributed by atoms with Crippen molar-refractivity contribution >= 4 is 12.1 Å². The number of para-hydroxylation sites is 1. The van der Waals surface area contributed by atoms with Crippen molar-refractivity contribution in [2.75, 3.05) is 7.11 Å². The zero-order valence-electron chi connectivity index (χ0n) is 14.9. The van der Waals surface area contributed by atoms with Crippen molar-refractivity contribution < 1.29 is 9.53 Å². The number of benzene rings is 2. The topological polar surface area (TPSA) is 68.5 Å². The van der Waals surface area contributed by atoms with E-state index in [9.17, 15) is 4.79 Å². The van der Waals surface area contributed by atoms with Gasteiger partial charge in [0.1, 0.15) is 5.75 Å². The van der Waals surface area contributed by atoms with Crippen LogP contribution in [0.5, 0.6) is 5.75 Å². The molecular formula is C20H20N4O2. The Bertz CT molecular complexity index is 928. The molecule has 1 aromatic heterocycles. The Morgan fingerprint density at radius 2 is 1.81 bits per heavy atom. The fourth-order valence-corrected chi connectivity index (χ4v) is 2.62. The number of aromatic nitrogens is 2. The van der Waals surface area contributed by atoms with Gasteiger partial charge in [-0.05, 0) is 50.2 Å². The molecule has 6 nitrogen and oxygen atoms in total. The molecule has 132 valence electrons. The van der Waals surface area contributed by atoms with Gasteiger partial charge in [-0.3, -0.25) is 4.79 Å². The van der Waals surface area contributed by atoms with E-state index in [-0.39, 0.29) is 5.91 Å². The highest BCUT2D eigenvalue weighted by atomic mass is 16.5. The second-order valence-corrected chi connectivity index (χ2v) is 5.76. The third-order valence-electron chi connectivity index (χ3n) is 4.06. The van der Waals surface area contributed by atoms with E-state index in [1.165, 1.54) is 0 Å². The number of carbonyl (C=O) groups is 1. The van der Waals surface area contributed by atoms with Gasteiger partial charge in [0.15, 0.2) is 0 Å². The quantitative estimate of drug-likeness (QED) is 0.568. The molecule has 0 saturated carbocycles. The molecule has 0 saturated heterocycles. The van der Waals surface area contributed by atoms with Crippen LogP contribution in [0.1, 0.15) is 27.3 Å². The lowest BCUT2D eigenvalue weighted by atomic mass is 10.2. The molecule has 6 heteroatoms. The fraction of sp³-hybridized carbons (Fsp3) is 0.150. The Labute approximate surface area is 152 Å². The van der Waals surface area contributed by atoms with Gasteiger partial charge in [0.2, 0.25) is 0 Å². The maximum atomic E-state index is 12.1.